The van der Waals surface area contributed by atoms with Gasteiger partial charge in [0.2, 0.25) is 0 Å². The zero-order valence-corrected chi connectivity index (χ0v) is 40.3. The Balaban J connectivity index is 1.19. The molecule has 2 aromatic carbocycles. The Kier molecular flexibility index (Phi) is 17.0. The Hall–Kier alpha value is -6.59. The molecule has 0 radical (unpaired) electrons. The summed E-state index contributed by atoms with van der Waals surface area (Å²) in [6, 6.07) is 8.73. The summed E-state index contributed by atoms with van der Waals surface area (Å²) in [6.07, 6.45) is 8.39. The quantitative estimate of drug-likeness (QED) is 0.0744. The van der Waals surface area contributed by atoms with Crippen molar-refractivity contribution in [3.05, 3.63) is 59.7 Å². The van der Waals surface area contributed by atoms with Crippen LogP contribution in [0.15, 0.2) is 48.6 Å². The minimum atomic E-state index is -1.04. The van der Waals surface area contributed by atoms with Gasteiger partial charge in [-0.15, -0.1) is 0 Å². The molecule has 4 aliphatic rings. The topological polar surface area (TPSA) is 221 Å². The number of rotatable bonds is 14. The molecule has 0 bridgehead atoms. The summed E-state index contributed by atoms with van der Waals surface area (Å²) in [4.78, 5) is 87.0. The van der Waals surface area contributed by atoms with Gasteiger partial charge in [0.15, 0.2) is 23.0 Å². The van der Waals surface area contributed by atoms with Crippen molar-refractivity contribution in [3.8, 4) is 23.0 Å². The van der Waals surface area contributed by atoms with Gasteiger partial charge in [-0.1, -0.05) is 32.9 Å². The SMILES string of the molecule is COC(=O)CC[C@@H](C)[C@H]1CC[C@H]2[C@@H]3CC[C@H]4C[C@H](OC(=O)/C=C/c5ccc(OC(=O)OC)c(OC(=O)OC)c5)CC[C@]4(C)[C@H]3C[C@H](OC(=O)/C=C/c3ccc(OC(=O)OC)c(OC(=O)OC)c3)[C@]12C. The highest BCUT2D eigenvalue weighted by Crippen LogP contribution is 2.69. The van der Waals surface area contributed by atoms with Crippen molar-refractivity contribution in [2.24, 2.45) is 46.3 Å². The number of hydrogen-bond donors (Lipinski definition) is 0. The first-order chi connectivity index (χ1) is 32.9. The molecule has 4 aliphatic carbocycles. The van der Waals surface area contributed by atoms with Crippen molar-refractivity contribution in [1.82, 2.24) is 0 Å². The van der Waals surface area contributed by atoms with Crippen LogP contribution < -0.4 is 18.9 Å². The predicted molar refractivity (Wildman–Crippen MR) is 244 cm³/mol. The molecule has 10 atom stereocenters. The second-order valence-corrected chi connectivity index (χ2v) is 18.6. The van der Waals surface area contributed by atoms with Gasteiger partial charge in [-0.2, -0.15) is 0 Å². The number of benzene rings is 2. The van der Waals surface area contributed by atoms with E-state index in [4.69, 9.17) is 33.2 Å². The van der Waals surface area contributed by atoms with E-state index in [1.807, 2.05) is 0 Å². The van der Waals surface area contributed by atoms with Gasteiger partial charge in [-0.25, -0.2) is 28.8 Å². The number of carbonyl (C=O) groups is 7. The van der Waals surface area contributed by atoms with Crippen molar-refractivity contribution in [2.45, 2.75) is 97.2 Å². The molecule has 0 N–H and O–H groups in total. The molecule has 18 heteroatoms. The second-order valence-electron chi connectivity index (χ2n) is 18.6. The fourth-order valence-electron chi connectivity index (χ4n) is 11.9. The predicted octanol–water partition coefficient (Wildman–Crippen LogP) is 9.68. The molecule has 0 amide bonds. The maximum Gasteiger partial charge on any atom is 0.513 e. The standard InChI is InChI=1S/C51H62O18/c1-29(9-20-43(52)59-4)35-16-17-36-34-15-14-32-27-33(64-44(53)21-12-30-10-18-38(65-46(55)60-5)40(25-30)67-48(57)62-7)23-24-50(32,2)37(34)28-42(51(35,36)3)69-45(54)22-13-31-11-19-39(66-47(56)61-6)41(26-31)68-49(58)63-8/h10-13,18-19,21-22,25-26,29,32-37,42H,9,14-17,20,23-24,27-28H2,1-8H3/b21-12+,22-13+/t29-,32+,33-,34+,35-,36+,37+,42+,50+,51-/m1/s1. The summed E-state index contributed by atoms with van der Waals surface area (Å²) in [5, 5.41) is 0. The van der Waals surface area contributed by atoms with Gasteiger partial charge in [0.1, 0.15) is 12.2 Å². The molecule has 4 fully saturated rings. The monoisotopic (exact) mass is 962 g/mol. The van der Waals surface area contributed by atoms with Crippen LogP contribution in [0.1, 0.15) is 96.1 Å². The zero-order chi connectivity index (χ0) is 50.0. The van der Waals surface area contributed by atoms with Gasteiger partial charge in [-0.3, -0.25) is 4.79 Å². The van der Waals surface area contributed by atoms with Gasteiger partial charge in [0.05, 0.1) is 35.5 Å². The van der Waals surface area contributed by atoms with E-state index in [-0.39, 0.29) is 75.5 Å². The maximum atomic E-state index is 14.0. The van der Waals surface area contributed by atoms with Gasteiger partial charge in [0, 0.05) is 24.0 Å². The molecule has 0 aliphatic heterocycles. The van der Waals surface area contributed by atoms with Crippen LogP contribution in [0.25, 0.3) is 12.2 Å². The van der Waals surface area contributed by atoms with E-state index in [1.54, 1.807) is 12.1 Å². The van der Waals surface area contributed by atoms with Gasteiger partial charge in [0.25, 0.3) is 0 Å². The largest absolute Gasteiger partial charge is 0.513 e. The van der Waals surface area contributed by atoms with Crippen LogP contribution in [0.2, 0.25) is 0 Å². The van der Waals surface area contributed by atoms with E-state index < -0.39 is 42.7 Å². The molecule has 18 nitrogen and oxygen atoms in total. The van der Waals surface area contributed by atoms with E-state index in [1.165, 1.54) is 55.7 Å². The summed E-state index contributed by atoms with van der Waals surface area (Å²) < 4.78 is 56.4. The molecule has 0 spiro atoms. The summed E-state index contributed by atoms with van der Waals surface area (Å²) in [5.41, 5.74) is 0.409. The van der Waals surface area contributed by atoms with Crippen molar-refractivity contribution < 1.29 is 85.7 Å². The highest BCUT2D eigenvalue weighted by Gasteiger charge is 2.65. The average Bonchev–Trinajstić information content (AvgIpc) is 3.71. The third kappa shape index (κ3) is 12.0. The van der Waals surface area contributed by atoms with Crippen LogP contribution in [0.4, 0.5) is 19.2 Å². The van der Waals surface area contributed by atoms with Gasteiger partial charge in [-0.05, 0) is 146 Å². The normalized spacial score (nSPS) is 27.3. The number of carbonyl (C=O) groups excluding carboxylic acids is 7. The van der Waals surface area contributed by atoms with Crippen LogP contribution in [-0.4, -0.2) is 90.3 Å². The van der Waals surface area contributed by atoms with E-state index in [0.717, 1.165) is 60.5 Å². The average molecular weight is 963 g/mol. The number of hydrogen-bond acceptors (Lipinski definition) is 18. The van der Waals surface area contributed by atoms with Crippen LogP contribution in [-0.2, 0) is 47.5 Å². The first-order valence-corrected chi connectivity index (χ1v) is 23.1. The van der Waals surface area contributed by atoms with Crippen LogP contribution in [0.3, 0.4) is 0 Å². The molecule has 0 heterocycles. The number of ether oxygens (including phenoxy) is 11. The Morgan fingerprint density at radius 1 is 0.609 bits per heavy atom. The molecule has 0 unspecified atom stereocenters. The molecule has 0 saturated heterocycles. The fraction of sp³-hybridized carbons (Fsp3) is 0.549. The Morgan fingerprint density at radius 2 is 1.13 bits per heavy atom. The third-order valence-electron chi connectivity index (χ3n) is 15.2. The molecule has 0 aromatic heterocycles. The van der Waals surface area contributed by atoms with E-state index >= 15 is 0 Å². The van der Waals surface area contributed by atoms with Crippen LogP contribution in [0, 0.1) is 46.3 Å². The summed E-state index contributed by atoms with van der Waals surface area (Å²) in [7, 11) is 5.93. The van der Waals surface area contributed by atoms with Crippen molar-refractivity contribution in [3.63, 3.8) is 0 Å². The van der Waals surface area contributed by atoms with Crippen LogP contribution in [0.5, 0.6) is 23.0 Å². The number of fused-ring (bicyclic) bond motifs is 5. The van der Waals surface area contributed by atoms with Crippen molar-refractivity contribution >= 4 is 54.7 Å². The Morgan fingerprint density at radius 3 is 1.65 bits per heavy atom. The number of esters is 3. The summed E-state index contributed by atoms with van der Waals surface area (Å²) in [5.74, 6) is -0.316. The molecule has 6 rings (SSSR count). The second kappa shape index (κ2) is 22.7. The summed E-state index contributed by atoms with van der Waals surface area (Å²) >= 11 is 0. The minimum absolute atomic E-state index is 0.0914. The lowest BCUT2D eigenvalue weighted by Gasteiger charge is -2.62. The highest BCUT2D eigenvalue weighted by molar-refractivity contribution is 5.88. The van der Waals surface area contributed by atoms with Crippen molar-refractivity contribution in [2.75, 3.05) is 35.5 Å². The molecular weight excluding hydrogens is 901 g/mol. The lowest BCUT2D eigenvalue weighted by Crippen LogP contribution is -2.59. The van der Waals surface area contributed by atoms with Crippen molar-refractivity contribution in [1.29, 1.82) is 0 Å². The number of methoxy groups -OCH3 is 5. The molecular formula is C51H62O18. The summed E-state index contributed by atoms with van der Waals surface area (Å²) in [6.45, 7) is 6.80. The fourth-order valence-corrected chi connectivity index (χ4v) is 11.9. The molecule has 69 heavy (non-hydrogen) atoms. The first-order valence-electron chi connectivity index (χ1n) is 23.1. The molecule has 374 valence electrons. The first kappa shape index (κ1) is 51.8. The van der Waals surface area contributed by atoms with E-state index in [0.29, 0.717) is 49.1 Å². The zero-order valence-electron chi connectivity index (χ0n) is 40.3. The van der Waals surface area contributed by atoms with E-state index in [9.17, 15) is 33.6 Å². The lowest BCUT2D eigenvalue weighted by atomic mass is 9.43. The van der Waals surface area contributed by atoms with Gasteiger partial charge < -0.3 is 52.1 Å². The smallest absolute Gasteiger partial charge is 0.469 e. The minimum Gasteiger partial charge on any atom is -0.469 e. The highest BCUT2D eigenvalue weighted by atomic mass is 16.8. The molecule has 2 aromatic rings. The lowest BCUT2D eigenvalue weighted by molar-refractivity contribution is -0.196. The van der Waals surface area contributed by atoms with Gasteiger partial charge >= 0.3 is 42.5 Å². The Bertz CT molecular complexity index is 2300. The maximum absolute atomic E-state index is 14.0. The Labute approximate surface area is 401 Å². The van der Waals surface area contributed by atoms with Crippen LogP contribution >= 0.6 is 0 Å². The third-order valence-corrected chi connectivity index (χ3v) is 15.2. The molecule has 4 saturated carbocycles. The van der Waals surface area contributed by atoms with E-state index in [2.05, 4.69) is 39.7 Å².